The Kier molecular flexibility index (Phi) is 4.12. The molecule has 0 saturated heterocycles. The summed E-state index contributed by atoms with van der Waals surface area (Å²) >= 11 is 0. The van der Waals surface area contributed by atoms with Crippen molar-refractivity contribution in [2.45, 2.75) is 32.2 Å². The predicted octanol–water partition coefficient (Wildman–Crippen LogP) is -0.0787. The Labute approximate surface area is 94.0 Å². The fraction of sp³-hybridized carbons (Fsp3) is 0.800. The fourth-order valence-electron chi connectivity index (χ4n) is 1.28. The number of aliphatic hydroxyl groups excluding tert-OH is 1. The summed E-state index contributed by atoms with van der Waals surface area (Å²) < 4.78 is 0. The highest BCUT2D eigenvalue weighted by Gasteiger charge is 2.37. The third-order valence-corrected chi connectivity index (χ3v) is 2.80. The second kappa shape index (κ2) is 5.16. The van der Waals surface area contributed by atoms with Crippen LogP contribution >= 0.6 is 0 Å². The van der Waals surface area contributed by atoms with E-state index in [4.69, 9.17) is 10.2 Å². The Morgan fingerprint density at radius 1 is 1.44 bits per heavy atom. The maximum absolute atomic E-state index is 11.3. The molecule has 6 heteroatoms. The lowest BCUT2D eigenvalue weighted by Gasteiger charge is -2.15. The minimum absolute atomic E-state index is 0.0139. The van der Waals surface area contributed by atoms with E-state index < -0.39 is 18.0 Å². The van der Waals surface area contributed by atoms with Gasteiger partial charge in [-0.25, -0.2) is 9.59 Å². The zero-order valence-electron chi connectivity index (χ0n) is 9.32. The summed E-state index contributed by atoms with van der Waals surface area (Å²) in [6.45, 7) is 2.36. The number of hydrogen-bond acceptors (Lipinski definition) is 3. The second-order valence-electron chi connectivity index (χ2n) is 4.54. The van der Waals surface area contributed by atoms with Gasteiger partial charge in [-0.3, -0.25) is 0 Å². The van der Waals surface area contributed by atoms with Gasteiger partial charge >= 0.3 is 12.0 Å². The summed E-state index contributed by atoms with van der Waals surface area (Å²) in [7, 11) is 0. The van der Waals surface area contributed by atoms with E-state index in [-0.39, 0.29) is 18.4 Å². The molecule has 0 aromatic rings. The van der Waals surface area contributed by atoms with E-state index in [0.29, 0.717) is 6.54 Å². The molecule has 92 valence electrons. The van der Waals surface area contributed by atoms with E-state index in [1.54, 1.807) is 0 Å². The molecule has 0 heterocycles. The van der Waals surface area contributed by atoms with Crippen LogP contribution in [-0.2, 0) is 4.79 Å². The first kappa shape index (κ1) is 12.8. The number of rotatable bonds is 6. The first-order valence-electron chi connectivity index (χ1n) is 5.35. The molecule has 1 saturated carbocycles. The summed E-state index contributed by atoms with van der Waals surface area (Å²) in [5.41, 5.74) is 0.188. The van der Waals surface area contributed by atoms with Gasteiger partial charge in [0.15, 0.2) is 0 Å². The molecule has 1 aliphatic carbocycles. The Morgan fingerprint density at radius 2 is 2.06 bits per heavy atom. The molecule has 1 rings (SSSR count). The van der Waals surface area contributed by atoms with Gasteiger partial charge in [-0.2, -0.15) is 0 Å². The first-order valence-corrected chi connectivity index (χ1v) is 5.35. The summed E-state index contributed by atoms with van der Waals surface area (Å²) in [5.74, 6) is -1.14. The van der Waals surface area contributed by atoms with Gasteiger partial charge in [0.05, 0.1) is 0 Å². The molecule has 0 radical (unpaired) electrons. The van der Waals surface area contributed by atoms with Gasteiger partial charge in [0, 0.05) is 19.6 Å². The van der Waals surface area contributed by atoms with Crippen LogP contribution in [-0.4, -0.2) is 41.4 Å². The van der Waals surface area contributed by atoms with Crippen LogP contribution in [0.25, 0.3) is 0 Å². The number of carbonyl (C=O) groups excluding carboxylic acids is 1. The molecule has 1 aliphatic rings. The van der Waals surface area contributed by atoms with Crippen molar-refractivity contribution in [3.8, 4) is 0 Å². The van der Waals surface area contributed by atoms with Crippen LogP contribution in [0.3, 0.4) is 0 Å². The highest BCUT2D eigenvalue weighted by atomic mass is 16.4. The van der Waals surface area contributed by atoms with Crippen LogP contribution in [0.15, 0.2) is 0 Å². The molecular weight excluding hydrogens is 212 g/mol. The zero-order chi connectivity index (χ0) is 12.2. The molecule has 1 fully saturated rings. The maximum Gasteiger partial charge on any atom is 0.326 e. The van der Waals surface area contributed by atoms with E-state index in [0.717, 1.165) is 12.8 Å². The van der Waals surface area contributed by atoms with Crippen LogP contribution in [0.1, 0.15) is 26.2 Å². The molecule has 0 aromatic heterocycles. The average Bonchev–Trinajstić information content (AvgIpc) is 2.94. The van der Waals surface area contributed by atoms with Crippen LogP contribution < -0.4 is 10.6 Å². The van der Waals surface area contributed by atoms with Gasteiger partial charge < -0.3 is 20.8 Å². The number of hydrogen-bond donors (Lipinski definition) is 4. The lowest BCUT2D eigenvalue weighted by molar-refractivity contribution is -0.139. The number of amides is 2. The lowest BCUT2D eigenvalue weighted by atomic mass is 10.1. The summed E-state index contributed by atoms with van der Waals surface area (Å²) in [6.07, 6.45) is 2.19. The van der Waals surface area contributed by atoms with Crippen molar-refractivity contribution in [1.82, 2.24) is 10.6 Å². The summed E-state index contributed by atoms with van der Waals surface area (Å²) in [6, 6.07) is -1.52. The third kappa shape index (κ3) is 4.06. The highest BCUT2D eigenvalue weighted by molar-refractivity contribution is 5.82. The zero-order valence-corrected chi connectivity index (χ0v) is 9.32. The molecule has 6 nitrogen and oxygen atoms in total. The van der Waals surface area contributed by atoms with Crippen molar-refractivity contribution in [3.05, 3.63) is 0 Å². The fourth-order valence-corrected chi connectivity index (χ4v) is 1.28. The molecule has 0 unspecified atom stereocenters. The smallest absolute Gasteiger partial charge is 0.326 e. The Bertz CT molecular complexity index is 276. The minimum Gasteiger partial charge on any atom is -0.480 e. The van der Waals surface area contributed by atoms with Crippen molar-refractivity contribution in [2.75, 3.05) is 13.2 Å². The van der Waals surface area contributed by atoms with Gasteiger partial charge in [0.25, 0.3) is 0 Å². The maximum atomic E-state index is 11.3. The molecule has 4 N–H and O–H groups in total. The predicted molar refractivity (Wildman–Crippen MR) is 57.0 cm³/mol. The number of aliphatic carboxylic acids is 1. The SMILES string of the molecule is CC1(CNC(=O)N[C@H](CCO)C(=O)O)CC1. The molecule has 0 aliphatic heterocycles. The largest absolute Gasteiger partial charge is 0.480 e. The van der Waals surface area contributed by atoms with Crippen molar-refractivity contribution < 1.29 is 19.8 Å². The van der Waals surface area contributed by atoms with Crippen LogP contribution in [0.5, 0.6) is 0 Å². The quantitative estimate of drug-likeness (QED) is 0.513. The number of urea groups is 1. The summed E-state index contributed by atoms with van der Waals surface area (Å²) in [5, 5.41) is 22.3. The van der Waals surface area contributed by atoms with E-state index in [2.05, 4.69) is 17.6 Å². The monoisotopic (exact) mass is 230 g/mol. The van der Waals surface area contributed by atoms with Gasteiger partial charge in [0.1, 0.15) is 6.04 Å². The number of carboxylic acid groups (broad SMARTS) is 1. The van der Waals surface area contributed by atoms with Crippen molar-refractivity contribution in [2.24, 2.45) is 5.41 Å². The van der Waals surface area contributed by atoms with E-state index in [1.165, 1.54) is 0 Å². The molecule has 0 spiro atoms. The first-order chi connectivity index (χ1) is 7.47. The van der Waals surface area contributed by atoms with Gasteiger partial charge in [-0.05, 0) is 18.3 Å². The van der Waals surface area contributed by atoms with Gasteiger partial charge in [-0.15, -0.1) is 0 Å². The van der Waals surface area contributed by atoms with Gasteiger partial charge in [0.2, 0.25) is 0 Å². The number of nitrogens with one attached hydrogen (secondary N) is 2. The van der Waals surface area contributed by atoms with E-state index in [1.807, 2.05) is 0 Å². The van der Waals surface area contributed by atoms with Crippen molar-refractivity contribution >= 4 is 12.0 Å². The highest BCUT2D eigenvalue weighted by Crippen LogP contribution is 2.43. The van der Waals surface area contributed by atoms with Crippen LogP contribution in [0.2, 0.25) is 0 Å². The van der Waals surface area contributed by atoms with Crippen LogP contribution in [0.4, 0.5) is 4.79 Å². The van der Waals surface area contributed by atoms with Crippen molar-refractivity contribution in [1.29, 1.82) is 0 Å². The number of aliphatic hydroxyl groups is 1. The molecule has 16 heavy (non-hydrogen) atoms. The Morgan fingerprint density at radius 3 is 2.50 bits per heavy atom. The standard InChI is InChI=1S/C10H18N2O4/c1-10(3-4-10)6-11-9(16)12-7(2-5-13)8(14)15/h7,13H,2-6H2,1H3,(H,14,15)(H2,11,12,16)/t7-/m1/s1. The molecule has 1 atom stereocenters. The van der Waals surface area contributed by atoms with E-state index in [9.17, 15) is 9.59 Å². The normalized spacial score (nSPS) is 18.6. The third-order valence-electron chi connectivity index (χ3n) is 2.80. The lowest BCUT2D eigenvalue weighted by Crippen LogP contribution is -2.47. The van der Waals surface area contributed by atoms with Crippen LogP contribution in [0, 0.1) is 5.41 Å². The number of carbonyl (C=O) groups is 2. The molecular formula is C10H18N2O4. The topological polar surface area (TPSA) is 98.7 Å². The number of carboxylic acids is 1. The second-order valence-corrected chi connectivity index (χ2v) is 4.54. The Hall–Kier alpha value is -1.30. The molecule has 0 bridgehead atoms. The van der Waals surface area contributed by atoms with Crippen molar-refractivity contribution in [3.63, 3.8) is 0 Å². The molecule has 0 aromatic carbocycles. The summed E-state index contributed by atoms with van der Waals surface area (Å²) in [4.78, 5) is 22.0. The minimum atomic E-state index is -1.14. The van der Waals surface area contributed by atoms with Gasteiger partial charge in [-0.1, -0.05) is 6.92 Å². The van der Waals surface area contributed by atoms with E-state index >= 15 is 0 Å². The molecule has 2 amide bonds. The average molecular weight is 230 g/mol. The Balaban J connectivity index is 2.27.